The van der Waals surface area contributed by atoms with Gasteiger partial charge in [0.2, 0.25) is 0 Å². The van der Waals surface area contributed by atoms with Crippen LogP contribution in [-0.2, 0) is 4.74 Å². The molecule has 2 aliphatic heterocycles. The Morgan fingerprint density at radius 3 is 2.76 bits per heavy atom. The van der Waals surface area contributed by atoms with Gasteiger partial charge < -0.3 is 14.1 Å². The van der Waals surface area contributed by atoms with Crippen LogP contribution in [0.5, 0.6) is 0 Å². The van der Waals surface area contributed by atoms with E-state index in [1.807, 2.05) is 0 Å². The highest BCUT2D eigenvalue weighted by Crippen LogP contribution is 2.32. The molecule has 33 heavy (non-hydrogen) atoms. The van der Waals surface area contributed by atoms with Gasteiger partial charge >= 0.3 is 5.76 Å². The van der Waals surface area contributed by atoms with Crippen molar-refractivity contribution < 1.29 is 18.3 Å². The molecular formula is C23H20Cl2FN3O4. The average molecular weight is 492 g/mol. The van der Waals surface area contributed by atoms with Crippen molar-refractivity contribution in [2.24, 2.45) is 0 Å². The predicted octanol–water partition coefficient (Wildman–Crippen LogP) is 3.98. The molecule has 0 bridgehead atoms. The number of rotatable bonds is 3. The molecule has 0 spiro atoms. The van der Waals surface area contributed by atoms with Gasteiger partial charge in [-0.2, -0.15) is 0 Å². The molecule has 10 heteroatoms. The molecule has 0 saturated carbocycles. The number of amides is 1. The average Bonchev–Trinajstić information content (AvgIpc) is 3.26. The van der Waals surface area contributed by atoms with Gasteiger partial charge in [0.05, 0.1) is 40.6 Å². The van der Waals surface area contributed by atoms with Crippen molar-refractivity contribution in [3.63, 3.8) is 0 Å². The number of ether oxygens (including phenoxy) is 1. The molecule has 2 saturated heterocycles. The molecule has 0 radical (unpaired) electrons. The Bertz CT molecular complexity index is 1260. The fraction of sp³-hybridized carbons (Fsp3) is 0.304. The number of nitrogens with one attached hydrogen (secondary N) is 1. The van der Waals surface area contributed by atoms with Gasteiger partial charge in [-0.25, -0.2) is 9.18 Å². The zero-order valence-corrected chi connectivity index (χ0v) is 18.9. The second-order valence-electron chi connectivity index (χ2n) is 8.11. The number of hydrogen-bond donors (Lipinski definition) is 1. The zero-order valence-electron chi connectivity index (χ0n) is 17.4. The molecule has 2 atom stereocenters. The SMILES string of the molecule is O=C(c1cccc(-c2c[nH]c(=O)o2)c1Cl)N1CCN2C[C@@H](c3ccc(F)c(Cl)c3)OC[C@@H]2C1. The third kappa shape index (κ3) is 4.31. The summed E-state index contributed by atoms with van der Waals surface area (Å²) in [6.45, 7) is 2.78. The van der Waals surface area contributed by atoms with Crippen molar-refractivity contribution in [3.05, 3.63) is 80.1 Å². The first-order chi connectivity index (χ1) is 15.9. The van der Waals surface area contributed by atoms with Crippen molar-refractivity contribution in [3.8, 4) is 11.3 Å². The van der Waals surface area contributed by atoms with E-state index in [0.717, 1.165) is 5.56 Å². The summed E-state index contributed by atoms with van der Waals surface area (Å²) in [5, 5.41) is 0.312. The van der Waals surface area contributed by atoms with Crippen molar-refractivity contribution in [1.82, 2.24) is 14.8 Å². The number of piperazine rings is 1. The summed E-state index contributed by atoms with van der Waals surface area (Å²) in [6.07, 6.45) is 1.21. The Morgan fingerprint density at radius 2 is 2.00 bits per heavy atom. The van der Waals surface area contributed by atoms with Crippen LogP contribution in [0.4, 0.5) is 4.39 Å². The van der Waals surface area contributed by atoms with E-state index >= 15 is 0 Å². The first kappa shape index (κ1) is 22.2. The van der Waals surface area contributed by atoms with Crippen LogP contribution in [0.15, 0.2) is 51.8 Å². The topological polar surface area (TPSA) is 78.8 Å². The van der Waals surface area contributed by atoms with Crippen molar-refractivity contribution in [1.29, 1.82) is 0 Å². The van der Waals surface area contributed by atoms with Crippen molar-refractivity contribution in [2.75, 3.05) is 32.8 Å². The van der Waals surface area contributed by atoms with Crippen molar-refractivity contribution >= 4 is 29.1 Å². The van der Waals surface area contributed by atoms with Crippen LogP contribution in [-0.4, -0.2) is 59.5 Å². The maximum absolute atomic E-state index is 13.5. The van der Waals surface area contributed by atoms with Gasteiger partial charge in [-0.3, -0.25) is 14.7 Å². The summed E-state index contributed by atoms with van der Waals surface area (Å²) in [7, 11) is 0. The highest BCUT2D eigenvalue weighted by atomic mass is 35.5. The molecule has 7 nitrogen and oxygen atoms in total. The molecule has 2 aromatic carbocycles. The number of carbonyl (C=O) groups excluding carboxylic acids is 1. The third-order valence-electron chi connectivity index (χ3n) is 6.12. The summed E-state index contributed by atoms with van der Waals surface area (Å²) >= 11 is 12.4. The first-order valence-electron chi connectivity index (χ1n) is 10.5. The molecule has 0 unspecified atom stereocenters. The minimum atomic E-state index is -0.590. The van der Waals surface area contributed by atoms with Crippen LogP contribution in [0.25, 0.3) is 11.3 Å². The fourth-order valence-electron chi connectivity index (χ4n) is 4.36. The molecular weight excluding hydrogens is 472 g/mol. The lowest BCUT2D eigenvalue weighted by Gasteiger charge is -2.46. The van der Waals surface area contributed by atoms with Crippen LogP contribution in [0.3, 0.4) is 0 Å². The van der Waals surface area contributed by atoms with E-state index in [0.29, 0.717) is 43.9 Å². The van der Waals surface area contributed by atoms with Gasteiger partial charge in [0.1, 0.15) is 5.82 Å². The first-order valence-corrected chi connectivity index (χ1v) is 11.2. The van der Waals surface area contributed by atoms with Crippen LogP contribution in [0.1, 0.15) is 22.0 Å². The number of nitrogens with zero attached hydrogens (tertiary/aromatic N) is 2. The summed E-state index contributed by atoms with van der Waals surface area (Å²) in [4.78, 5) is 31.1. The monoisotopic (exact) mass is 491 g/mol. The number of fused-ring (bicyclic) bond motifs is 1. The summed E-state index contributed by atoms with van der Waals surface area (Å²) in [5.74, 6) is -0.959. The maximum Gasteiger partial charge on any atom is 0.416 e. The minimum absolute atomic E-state index is 0.0412. The Morgan fingerprint density at radius 1 is 1.15 bits per heavy atom. The fourth-order valence-corrected chi connectivity index (χ4v) is 4.85. The van der Waals surface area contributed by atoms with E-state index in [1.165, 1.54) is 12.3 Å². The molecule has 172 valence electrons. The van der Waals surface area contributed by atoms with E-state index in [-0.39, 0.29) is 33.9 Å². The molecule has 1 amide bonds. The second-order valence-corrected chi connectivity index (χ2v) is 8.89. The summed E-state index contributed by atoms with van der Waals surface area (Å²) in [6, 6.07) is 9.74. The van der Waals surface area contributed by atoms with Gasteiger partial charge in [0.25, 0.3) is 5.91 Å². The third-order valence-corrected chi connectivity index (χ3v) is 6.81. The van der Waals surface area contributed by atoms with Crippen LogP contribution in [0.2, 0.25) is 10.0 Å². The highest BCUT2D eigenvalue weighted by molar-refractivity contribution is 6.36. The lowest BCUT2D eigenvalue weighted by atomic mass is 10.0. The molecule has 1 N–H and O–H groups in total. The predicted molar refractivity (Wildman–Crippen MR) is 121 cm³/mol. The Balaban J connectivity index is 1.29. The molecule has 3 heterocycles. The lowest BCUT2D eigenvalue weighted by molar-refractivity contribution is -0.0858. The van der Waals surface area contributed by atoms with Gasteiger partial charge in [-0.15, -0.1) is 0 Å². The number of carbonyl (C=O) groups is 1. The number of aromatic amines is 1. The van der Waals surface area contributed by atoms with Gasteiger partial charge in [-0.05, 0) is 29.8 Å². The lowest BCUT2D eigenvalue weighted by Crippen LogP contribution is -2.59. The highest BCUT2D eigenvalue weighted by Gasteiger charge is 2.36. The number of morpholine rings is 1. The molecule has 0 aliphatic carbocycles. The van der Waals surface area contributed by atoms with E-state index < -0.39 is 11.6 Å². The number of aromatic nitrogens is 1. The number of oxazole rings is 1. The molecule has 5 rings (SSSR count). The quantitative estimate of drug-likeness (QED) is 0.599. The van der Waals surface area contributed by atoms with Crippen LogP contribution >= 0.6 is 23.2 Å². The van der Waals surface area contributed by atoms with E-state index in [1.54, 1.807) is 35.2 Å². The Hall–Kier alpha value is -2.65. The Labute approximate surface area is 198 Å². The van der Waals surface area contributed by atoms with E-state index in [9.17, 15) is 14.0 Å². The minimum Gasteiger partial charge on any atom is -0.408 e. The van der Waals surface area contributed by atoms with Gasteiger partial charge in [-0.1, -0.05) is 35.3 Å². The number of H-pyrrole nitrogens is 1. The van der Waals surface area contributed by atoms with Crippen LogP contribution < -0.4 is 5.76 Å². The maximum atomic E-state index is 13.5. The number of hydrogen-bond acceptors (Lipinski definition) is 5. The summed E-state index contributed by atoms with van der Waals surface area (Å²) in [5.41, 5.74) is 1.65. The van der Waals surface area contributed by atoms with E-state index in [4.69, 9.17) is 32.4 Å². The molecule has 3 aromatic rings. The standard InChI is InChI=1S/C23H20Cl2FN3O4/c24-17-8-13(4-5-18(17)26)20-11-28-6-7-29(10-14(28)12-32-20)22(30)16-3-1-2-15(21(16)25)19-9-27-23(31)33-19/h1-5,8-9,14,20H,6-7,10-12H2,(H,27,31)/t14-,20-/m0/s1. The normalized spacial score (nSPS) is 21.1. The van der Waals surface area contributed by atoms with Crippen molar-refractivity contribution in [2.45, 2.75) is 12.1 Å². The largest absolute Gasteiger partial charge is 0.416 e. The number of benzene rings is 2. The second kappa shape index (κ2) is 8.95. The zero-order chi connectivity index (χ0) is 23.1. The summed E-state index contributed by atoms with van der Waals surface area (Å²) < 4.78 is 24.6. The Kier molecular flexibility index (Phi) is 6.01. The number of halogens is 3. The molecule has 1 aromatic heterocycles. The van der Waals surface area contributed by atoms with Crippen LogP contribution in [0, 0.1) is 5.82 Å². The van der Waals surface area contributed by atoms with Gasteiger partial charge in [0.15, 0.2) is 5.76 Å². The molecule has 2 fully saturated rings. The van der Waals surface area contributed by atoms with E-state index in [2.05, 4.69) is 9.88 Å². The molecule has 2 aliphatic rings. The van der Waals surface area contributed by atoms with Gasteiger partial charge in [0, 0.05) is 31.7 Å². The smallest absolute Gasteiger partial charge is 0.408 e.